The molecule has 0 aliphatic carbocycles. The highest BCUT2D eigenvalue weighted by Gasteiger charge is 2.23. The largest absolute Gasteiger partial charge is 0.294 e. The number of hydrogen-bond donors (Lipinski definition) is 0. The summed E-state index contributed by atoms with van der Waals surface area (Å²) >= 11 is 5.67. The molecule has 1 nitrogen and oxygen atoms in total. The lowest BCUT2D eigenvalue weighted by Gasteiger charge is -2.34. The van der Waals surface area contributed by atoms with Gasteiger partial charge in [0, 0.05) is 11.9 Å². The summed E-state index contributed by atoms with van der Waals surface area (Å²) in [6.07, 6.45) is 0.891. The molecule has 1 aliphatic heterocycles. The minimum absolute atomic E-state index is 0.114. The Hall–Kier alpha value is 0.110. The molecular weight excluding hydrogens is 184 g/mol. The van der Waals surface area contributed by atoms with E-state index >= 15 is 0 Å². The van der Waals surface area contributed by atoms with Gasteiger partial charge in [-0.05, 0) is 19.4 Å². The summed E-state index contributed by atoms with van der Waals surface area (Å²) in [5.74, 6) is 0.479. The van der Waals surface area contributed by atoms with Crippen LogP contribution in [0.2, 0.25) is 0 Å². The second-order valence-corrected chi connectivity index (χ2v) is 3.50. The third-order valence-electron chi connectivity index (χ3n) is 2.30. The Kier molecular flexibility index (Phi) is 4.22. The first-order valence-electron chi connectivity index (χ1n) is 4.32. The predicted molar refractivity (Wildman–Crippen MR) is 45.9 cm³/mol. The predicted octanol–water partition coefficient (Wildman–Crippen LogP) is 2.34. The molecule has 72 valence electrons. The maximum Gasteiger partial charge on any atom is 0.251 e. The molecule has 0 aromatic carbocycles. The van der Waals surface area contributed by atoms with Crippen LogP contribution in [0.5, 0.6) is 0 Å². The van der Waals surface area contributed by atoms with Crippen molar-refractivity contribution in [2.24, 2.45) is 0 Å². The molecule has 1 saturated heterocycles. The van der Waals surface area contributed by atoms with Crippen molar-refractivity contribution < 1.29 is 8.78 Å². The second-order valence-electron chi connectivity index (χ2n) is 3.19. The van der Waals surface area contributed by atoms with Gasteiger partial charge < -0.3 is 0 Å². The van der Waals surface area contributed by atoms with Crippen molar-refractivity contribution in [3.8, 4) is 0 Å². The molecule has 0 amide bonds. The Morgan fingerprint density at radius 2 is 2.17 bits per heavy atom. The number of piperidine rings is 1. The van der Waals surface area contributed by atoms with E-state index in [0.29, 0.717) is 5.88 Å². The Morgan fingerprint density at radius 1 is 1.42 bits per heavy atom. The molecular formula is C8H14ClF2N. The molecule has 1 fully saturated rings. The number of hydrogen-bond acceptors (Lipinski definition) is 1. The van der Waals surface area contributed by atoms with Crippen LogP contribution in [-0.4, -0.2) is 36.3 Å². The van der Waals surface area contributed by atoms with Gasteiger partial charge >= 0.3 is 0 Å². The fourth-order valence-electron chi connectivity index (χ4n) is 1.65. The van der Waals surface area contributed by atoms with Crippen molar-refractivity contribution in [1.82, 2.24) is 4.90 Å². The average molecular weight is 198 g/mol. The van der Waals surface area contributed by atoms with Crippen LogP contribution in [0.15, 0.2) is 0 Å². The maximum absolute atomic E-state index is 12.0. The Bertz CT molecular complexity index is 132. The average Bonchev–Trinajstić information content (AvgIpc) is 2.04. The Morgan fingerprint density at radius 3 is 2.75 bits per heavy atom. The Balaban J connectivity index is 2.36. The van der Waals surface area contributed by atoms with Crippen molar-refractivity contribution >= 4 is 11.6 Å². The lowest BCUT2D eigenvalue weighted by Crippen LogP contribution is -2.43. The van der Waals surface area contributed by atoms with E-state index in [0.717, 1.165) is 25.8 Å². The van der Waals surface area contributed by atoms with E-state index in [9.17, 15) is 8.78 Å². The highest BCUT2D eigenvalue weighted by atomic mass is 35.5. The fraction of sp³-hybridized carbons (Fsp3) is 1.00. The van der Waals surface area contributed by atoms with Crippen LogP contribution in [0.25, 0.3) is 0 Å². The zero-order valence-corrected chi connectivity index (χ0v) is 7.73. The smallest absolute Gasteiger partial charge is 0.251 e. The first-order chi connectivity index (χ1) is 5.74. The maximum atomic E-state index is 12.0. The van der Waals surface area contributed by atoms with Gasteiger partial charge in [-0.1, -0.05) is 6.42 Å². The topological polar surface area (TPSA) is 3.24 Å². The minimum atomic E-state index is -2.23. The second kappa shape index (κ2) is 4.97. The van der Waals surface area contributed by atoms with Crippen LogP contribution in [0.4, 0.5) is 8.78 Å². The van der Waals surface area contributed by atoms with Crippen LogP contribution in [0.3, 0.4) is 0 Å². The van der Waals surface area contributed by atoms with Crippen molar-refractivity contribution in [1.29, 1.82) is 0 Å². The first kappa shape index (κ1) is 10.2. The lowest BCUT2D eigenvalue weighted by atomic mass is 10.0. The quantitative estimate of drug-likeness (QED) is 0.628. The van der Waals surface area contributed by atoms with E-state index in [-0.39, 0.29) is 12.6 Å². The molecule has 0 aromatic rings. The normalized spacial score (nSPS) is 26.5. The highest BCUT2D eigenvalue weighted by Crippen LogP contribution is 2.18. The summed E-state index contributed by atoms with van der Waals surface area (Å²) in [7, 11) is 0. The highest BCUT2D eigenvalue weighted by molar-refractivity contribution is 6.18. The molecule has 1 rings (SSSR count). The first-order valence-corrected chi connectivity index (χ1v) is 4.85. The van der Waals surface area contributed by atoms with Crippen LogP contribution in [-0.2, 0) is 0 Å². The Labute approximate surface area is 76.7 Å². The zero-order chi connectivity index (χ0) is 8.97. The summed E-state index contributed by atoms with van der Waals surface area (Å²) in [6.45, 7) is 0.666. The van der Waals surface area contributed by atoms with Gasteiger partial charge in [0.05, 0.1) is 6.54 Å². The summed E-state index contributed by atoms with van der Waals surface area (Å²) in [6, 6.07) is 0.175. The molecule has 12 heavy (non-hydrogen) atoms. The van der Waals surface area contributed by atoms with Crippen LogP contribution in [0.1, 0.15) is 19.3 Å². The van der Waals surface area contributed by atoms with Gasteiger partial charge in [0.1, 0.15) is 0 Å². The van der Waals surface area contributed by atoms with Gasteiger partial charge in [-0.3, -0.25) is 4.90 Å². The van der Waals surface area contributed by atoms with E-state index in [1.165, 1.54) is 0 Å². The minimum Gasteiger partial charge on any atom is -0.294 e. The summed E-state index contributed by atoms with van der Waals surface area (Å²) in [4.78, 5) is 1.81. The van der Waals surface area contributed by atoms with Crippen molar-refractivity contribution in [3.05, 3.63) is 0 Å². The summed E-state index contributed by atoms with van der Waals surface area (Å²) < 4.78 is 24.1. The van der Waals surface area contributed by atoms with E-state index in [1.54, 1.807) is 4.90 Å². The number of rotatable bonds is 3. The fourth-order valence-corrected chi connectivity index (χ4v) is 2.00. The van der Waals surface area contributed by atoms with Gasteiger partial charge in [-0.15, -0.1) is 11.6 Å². The van der Waals surface area contributed by atoms with E-state index in [1.807, 2.05) is 0 Å². The van der Waals surface area contributed by atoms with Crippen molar-refractivity contribution in [3.63, 3.8) is 0 Å². The monoisotopic (exact) mass is 197 g/mol. The summed E-state index contributed by atoms with van der Waals surface area (Å²) in [5.41, 5.74) is 0. The molecule has 1 atom stereocenters. The molecule has 0 aromatic heterocycles. The molecule has 1 heterocycles. The molecule has 0 saturated carbocycles. The molecule has 0 N–H and O–H groups in total. The number of nitrogens with zero attached hydrogens (tertiary/aromatic N) is 1. The van der Waals surface area contributed by atoms with Crippen LogP contribution < -0.4 is 0 Å². The van der Waals surface area contributed by atoms with Gasteiger partial charge in [0.25, 0.3) is 6.43 Å². The number of alkyl halides is 3. The zero-order valence-electron chi connectivity index (χ0n) is 6.98. The standard InChI is InChI=1S/C8H14ClF2N/c9-5-7-3-1-2-4-12(7)6-8(10)11/h7-8H,1-6H2. The molecule has 1 unspecified atom stereocenters. The third-order valence-corrected chi connectivity index (χ3v) is 2.66. The molecule has 0 radical (unpaired) electrons. The van der Waals surface area contributed by atoms with Gasteiger partial charge in [-0.25, -0.2) is 8.78 Å². The lowest BCUT2D eigenvalue weighted by molar-refractivity contribution is 0.0555. The van der Waals surface area contributed by atoms with E-state index in [2.05, 4.69) is 0 Å². The van der Waals surface area contributed by atoms with Gasteiger partial charge in [-0.2, -0.15) is 0 Å². The number of halogens is 3. The van der Waals surface area contributed by atoms with Gasteiger partial charge in [0.15, 0.2) is 0 Å². The van der Waals surface area contributed by atoms with Gasteiger partial charge in [0.2, 0.25) is 0 Å². The SMILES string of the molecule is FC(F)CN1CCCCC1CCl. The third kappa shape index (κ3) is 2.87. The molecule has 0 bridgehead atoms. The van der Waals surface area contributed by atoms with Crippen LogP contribution >= 0.6 is 11.6 Å². The van der Waals surface area contributed by atoms with Crippen LogP contribution in [0, 0.1) is 0 Å². The number of likely N-dealkylation sites (tertiary alicyclic amines) is 1. The van der Waals surface area contributed by atoms with E-state index in [4.69, 9.17) is 11.6 Å². The molecule has 1 aliphatic rings. The molecule has 4 heteroatoms. The summed E-state index contributed by atoms with van der Waals surface area (Å²) in [5, 5.41) is 0. The molecule has 0 spiro atoms. The van der Waals surface area contributed by atoms with Crippen molar-refractivity contribution in [2.45, 2.75) is 31.7 Å². The van der Waals surface area contributed by atoms with Crippen molar-refractivity contribution in [2.75, 3.05) is 19.0 Å². The van der Waals surface area contributed by atoms with E-state index < -0.39 is 6.43 Å².